The van der Waals surface area contributed by atoms with Gasteiger partial charge in [0.25, 0.3) is 0 Å². The molecular formula is C43H32IN3S2. The van der Waals surface area contributed by atoms with Crippen LogP contribution < -0.4 is 9.80 Å². The molecule has 0 fully saturated rings. The molecule has 49 heavy (non-hydrogen) atoms. The normalized spacial score (nSPS) is 13.7. The Balaban J connectivity index is 1.14. The number of benzene rings is 5. The molecule has 9 rings (SSSR count). The van der Waals surface area contributed by atoms with Crippen LogP contribution in [0.5, 0.6) is 0 Å². The van der Waals surface area contributed by atoms with Crippen LogP contribution >= 0.6 is 39.6 Å². The topological polar surface area (TPSA) is 19.4 Å². The number of aromatic nitrogens is 1. The predicted octanol–water partition coefficient (Wildman–Crippen LogP) is 13.2. The molecule has 0 amide bonds. The number of pyridine rings is 1. The molecule has 0 atom stereocenters. The second-order valence-electron chi connectivity index (χ2n) is 12.8. The minimum Gasteiger partial charge on any atom is -0.310 e. The van der Waals surface area contributed by atoms with Gasteiger partial charge in [-0.15, -0.1) is 11.3 Å². The Kier molecular flexibility index (Phi) is 7.75. The van der Waals surface area contributed by atoms with Gasteiger partial charge >= 0.3 is 0 Å². The number of para-hydroxylation sites is 2. The lowest BCUT2D eigenvalue weighted by Gasteiger charge is -2.29. The van der Waals surface area contributed by atoms with Crippen molar-refractivity contribution >= 4 is 77.8 Å². The highest BCUT2D eigenvalue weighted by atomic mass is 127. The van der Waals surface area contributed by atoms with E-state index >= 15 is 0 Å². The monoisotopic (exact) mass is 781 g/mol. The molecule has 2 aromatic heterocycles. The fraction of sp³-hybridized carbons (Fsp3) is 0.0698. The van der Waals surface area contributed by atoms with E-state index in [-0.39, 0.29) is 24.8 Å². The first-order valence-electron chi connectivity index (χ1n) is 16.3. The third-order valence-corrected chi connectivity index (χ3v) is 15.2. The highest BCUT2D eigenvalue weighted by Crippen LogP contribution is 2.55. The summed E-state index contributed by atoms with van der Waals surface area (Å²) >= 11 is 1.87. The van der Waals surface area contributed by atoms with Gasteiger partial charge in [-0.25, -0.2) is 0 Å². The first kappa shape index (κ1) is 30.6. The van der Waals surface area contributed by atoms with E-state index in [1.165, 1.54) is 43.4 Å². The summed E-state index contributed by atoms with van der Waals surface area (Å²) in [7, 11) is 2.04. The van der Waals surface area contributed by atoms with E-state index in [0.29, 0.717) is 0 Å². The Morgan fingerprint density at radius 2 is 1.16 bits per heavy atom. The molecule has 5 aromatic carbocycles. The minimum atomic E-state index is -0.186. The van der Waals surface area contributed by atoms with Crippen LogP contribution in [0.15, 0.2) is 156 Å². The maximum Gasteiger partial charge on any atom is 0.0718 e. The van der Waals surface area contributed by atoms with Crippen molar-refractivity contribution in [2.45, 2.75) is 24.2 Å². The van der Waals surface area contributed by atoms with E-state index in [9.17, 15) is 0 Å². The fourth-order valence-electron chi connectivity index (χ4n) is 7.10. The summed E-state index contributed by atoms with van der Waals surface area (Å²) < 4.78 is 2.46. The number of hydrogen-bond donors (Lipinski definition) is 0. The van der Waals surface area contributed by atoms with Crippen molar-refractivity contribution in [3.8, 4) is 22.4 Å². The van der Waals surface area contributed by atoms with Crippen LogP contribution in [0.3, 0.4) is 0 Å². The predicted molar refractivity (Wildman–Crippen MR) is 220 cm³/mol. The Morgan fingerprint density at radius 3 is 1.78 bits per heavy atom. The van der Waals surface area contributed by atoms with Crippen molar-refractivity contribution in [1.29, 1.82) is 0 Å². The van der Waals surface area contributed by atoms with Crippen molar-refractivity contribution in [3.05, 3.63) is 167 Å². The quantitative estimate of drug-likeness (QED) is 0.150. The molecule has 3 heterocycles. The number of rotatable bonds is 7. The summed E-state index contributed by atoms with van der Waals surface area (Å²) in [6, 6.07) is 50.4. The molecule has 0 saturated carbocycles. The zero-order valence-corrected chi connectivity index (χ0v) is 30.8. The summed E-state index contributed by atoms with van der Waals surface area (Å²) in [5.74, 6) is 0. The average Bonchev–Trinajstić information content (AvgIpc) is 3.84. The van der Waals surface area contributed by atoms with Crippen molar-refractivity contribution in [2.24, 2.45) is 0 Å². The van der Waals surface area contributed by atoms with Crippen LogP contribution in [-0.2, 0) is 5.41 Å². The molecule has 7 aromatic rings. The van der Waals surface area contributed by atoms with E-state index in [0.717, 1.165) is 34.0 Å². The van der Waals surface area contributed by atoms with E-state index in [1.54, 1.807) is 0 Å². The molecule has 0 spiro atoms. The Bertz CT molecular complexity index is 2290. The lowest BCUT2D eigenvalue weighted by Crippen LogP contribution is -2.17. The Labute approximate surface area is 304 Å². The van der Waals surface area contributed by atoms with Crippen molar-refractivity contribution in [2.75, 3.05) is 9.80 Å². The van der Waals surface area contributed by atoms with E-state index in [4.69, 9.17) is 0 Å². The first-order valence-corrected chi connectivity index (χ1v) is 21.8. The molecule has 6 heteroatoms. The molecule has 1 aliphatic heterocycles. The number of nitrogens with zero attached hydrogens (tertiary/aromatic N) is 3. The van der Waals surface area contributed by atoms with Gasteiger partial charge in [0.15, 0.2) is 0 Å². The smallest absolute Gasteiger partial charge is 0.0718 e. The Hall–Kier alpha value is -4.50. The molecule has 2 aliphatic rings. The van der Waals surface area contributed by atoms with Gasteiger partial charge in [0.2, 0.25) is 0 Å². The van der Waals surface area contributed by atoms with Crippen LogP contribution in [0.4, 0.5) is 34.1 Å². The van der Waals surface area contributed by atoms with Gasteiger partial charge in [-0.1, -0.05) is 89.5 Å². The zero-order valence-electron chi connectivity index (χ0n) is 27.0. The van der Waals surface area contributed by atoms with Gasteiger partial charge in [0, 0.05) is 55.9 Å². The molecule has 238 valence electrons. The van der Waals surface area contributed by atoms with Crippen LogP contribution in [0.1, 0.15) is 29.9 Å². The summed E-state index contributed by atoms with van der Waals surface area (Å²) in [4.78, 5) is 12.2. The van der Waals surface area contributed by atoms with Crippen molar-refractivity contribution < 1.29 is 0 Å². The van der Waals surface area contributed by atoms with Gasteiger partial charge in [-0.3, -0.25) is 4.98 Å². The largest absolute Gasteiger partial charge is 0.310 e. The molecule has 3 nitrogen and oxygen atoms in total. The molecule has 0 saturated heterocycles. The number of fused-ring (bicyclic) bond motifs is 4. The van der Waals surface area contributed by atoms with E-state index < -0.39 is 0 Å². The molecule has 1 aliphatic carbocycles. The second-order valence-corrected chi connectivity index (χ2v) is 17.9. The van der Waals surface area contributed by atoms with Gasteiger partial charge in [-0.05, 0) is 118 Å². The standard InChI is InChI=1S/C43H32IN3S2/c1-43(2)37-25-33(46(30-11-5-3-6-12-30)31-13-7-4-8-14-31)20-22-35(37)36-23-21-34(26-38(36)43)47(40-28-48-41-27-44-49-42(40)41)32-18-16-29(17-19-32)39-15-9-10-24-45-39/h3-28H,1-2H3. The molecule has 0 bridgehead atoms. The summed E-state index contributed by atoms with van der Waals surface area (Å²) in [6.07, 6.45) is 1.86. The van der Waals surface area contributed by atoms with Gasteiger partial charge in [0.1, 0.15) is 0 Å². The van der Waals surface area contributed by atoms with Crippen LogP contribution in [0.25, 0.3) is 22.4 Å². The van der Waals surface area contributed by atoms with Gasteiger partial charge in [0.05, 0.1) is 16.3 Å². The van der Waals surface area contributed by atoms with Crippen LogP contribution in [0, 0.1) is 0 Å². The highest BCUT2D eigenvalue weighted by molar-refractivity contribution is 14.2. The third-order valence-electron chi connectivity index (χ3n) is 9.53. The van der Waals surface area contributed by atoms with Crippen LogP contribution in [0.2, 0.25) is 0 Å². The zero-order chi connectivity index (χ0) is 33.0. The summed E-state index contributed by atoms with van der Waals surface area (Å²) in [5, 5.41) is 2.34. The minimum absolute atomic E-state index is 0.00126. The third kappa shape index (κ3) is 5.34. The second kappa shape index (κ2) is 12.4. The number of hydrogen-bond acceptors (Lipinski definition) is 5. The van der Waals surface area contributed by atoms with Gasteiger partial charge < -0.3 is 9.80 Å². The molecule has 0 radical (unpaired) electrons. The lowest BCUT2D eigenvalue weighted by molar-refractivity contribution is 0.660. The lowest BCUT2D eigenvalue weighted by atomic mass is 9.82. The van der Waals surface area contributed by atoms with E-state index in [2.05, 4.69) is 165 Å². The van der Waals surface area contributed by atoms with Gasteiger partial charge in [-0.2, -0.15) is 0 Å². The Morgan fingerprint density at radius 1 is 0.592 bits per heavy atom. The first-order chi connectivity index (χ1) is 24.1. The molecular weight excluding hydrogens is 750 g/mol. The average molecular weight is 782 g/mol. The summed E-state index contributed by atoms with van der Waals surface area (Å²) in [5.41, 5.74) is 14.3. The molecule has 0 unspecified atom stereocenters. The van der Waals surface area contributed by atoms with E-state index in [1.807, 2.05) is 38.6 Å². The maximum absolute atomic E-state index is 4.59. The molecule has 0 N–H and O–H groups in total. The van der Waals surface area contributed by atoms with Crippen LogP contribution in [-0.4, -0.2) is 9.00 Å². The fourth-order valence-corrected chi connectivity index (χ4v) is 14.1. The SMILES string of the molecule is CC1(C)c2cc(N(c3ccccc3)c3ccccc3)ccc2-c2ccc(N(c3ccc(-c4ccccn4)cc3)c3csc4c3SI=C4)cc21. The summed E-state index contributed by atoms with van der Waals surface area (Å²) in [6.45, 7) is 4.76. The number of halogens is 1. The number of thiophene rings is 1. The van der Waals surface area contributed by atoms with Crippen molar-refractivity contribution in [3.63, 3.8) is 0 Å². The highest BCUT2D eigenvalue weighted by Gasteiger charge is 2.37. The van der Waals surface area contributed by atoms with Crippen molar-refractivity contribution in [1.82, 2.24) is 4.98 Å². The number of anilines is 6. The maximum atomic E-state index is 4.59.